The molecular formula is C24H28F2N4O3. The Hall–Kier alpha value is -3.20. The molecule has 1 heterocycles. The van der Waals surface area contributed by atoms with E-state index in [1.807, 2.05) is 24.3 Å². The predicted molar refractivity (Wildman–Crippen MR) is 120 cm³/mol. The number of halogens is 2. The maximum absolute atomic E-state index is 14.3. The number of amides is 2. The number of fused-ring (bicyclic) bond motifs is 1. The number of para-hydroxylation sites is 2. The Morgan fingerprint density at radius 1 is 1.27 bits per heavy atom. The van der Waals surface area contributed by atoms with Gasteiger partial charge in [0.15, 0.2) is 17.4 Å². The highest BCUT2D eigenvalue weighted by Crippen LogP contribution is 2.28. The van der Waals surface area contributed by atoms with Crippen molar-refractivity contribution >= 4 is 17.1 Å². The second kappa shape index (κ2) is 9.35. The number of rotatable bonds is 6. The smallest absolute Gasteiger partial charge is 0.315 e. The van der Waals surface area contributed by atoms with E-state index in [4.69, 9.17) is 4.74 Å². The number of aromatic nitrogens is 2. The van der Waals surface area contributed by atoms with Gasteiger partial charge in [-0.25, -0.2) is 18.6 Å². The zero-order valence-electron chi connectivity index (χ0n) is 18.6. The zero-order chi connectivity index (χ0) is 23.6. The standard InChI is InChI=1S/C24H28F2N4O3/c1-24(32)9-7-15(8-10-24)27-23(31)30-20(22-28-18-5-3-4-6-19(18)29-22)13-14-11-16(25)21(33-2)17(26)12-14/h3-6,11-12,15,20,32H,7-10,13H2,1-2H3,(H,28,29)(H2,27,30,31)/t15-,20?,24-. The Bertz CT molecular complexity index is 1080. The highest BCUT2D eigenvalue weighted by Gasteiger charge is 2.30. The number of carbonyl (C=O) groups excluding carboxylic acids is 1. The third-order valence-electron chi connectivity index (χ3n) is 6.14. The normalized spacial score (nSPS) is 21.5. The van der Waals surface area contributed by atoms with Gasteiger partial charge in [0, 0.05) is 12.5 Å². The van der Waals surface area contributed by atoms with E-state index in [2.05, 4.69) is 20.6 Å². The first-order chi connectivity index (χ1) is 15.7. The Labute approximate surface area is 190 Å². The second-order valence-electron chi connectivity index (χ2n) is 8.88. The molecule has 2 aromatic carbocycles. The molecule has 0 saturated heterocycles. The number of nitrogens with zero attached hydrogens (tertiary/aromatic N) is 1. The molecule has 0 spiro atoms. The number of aromatic amines is 1. The number of nitrogens with one attached hydrogen (secondary N) is 3. The van der Waals surface area contributed by atoms with E-state index in [0.29, 0.717) is 37.1 Å². The average Bonchev–Trinajstić information content (AvgIpc) is 3.19. The first kappa shape index (κ1) is 23.0. The van der Waals surface area contributed by atoms with Crippen LogP contribution in [-0.4, -0.2) is 39.9 Å². The average molecular weight is 459 g/mol. The summed E-state index contributed by atoms with van der Waals surface area (Å²) in [6.45, 7) is 1.80. The molecule has 1 aliphatic carbocycles. The van der Waals surface area contributed by atoms with E-state index in [9.17, 15) is 18.7 Å². The van der Waals surface area contributed by atoms with E-state index < -0.39 is 35.1 Å². The summed E-state index contributed by atoms with van der Waals surface area (Å²) >= 11 is 0. The van der Waals surface area contributed by atoms with Gasteiger partial charge in [0.05, 0.1) is 29.8 Å². The fourth-order valence-electron chi connectivity index (χ4n) is 4.28. The number of imidazole rings is 1. The van der Waals surface area contributed by atoms with Crippen LogP contribution in [0.5, 0.6) is 5.75 Å². The second-order valence-corrected chi connectivity index (χ2v) is 8.88. The number of carbonyl (C=O) groups is 1. The SMILES string of the molecule is COc1c(F)cc(CC(NC(=O)N[C@H]2CC[C@](C)(O)CC2)c2nc3ccccc3[nH]2)cc1F. The van der Waals surface area contributed by atoms with Gasteiger partial charge in [0.2, 0.25) is 0 Å². The van der Waals surface area contributed by atoms with Gasteiger partial charge in [0.25, 0.3) is 0 Å². The van der Waals surface area contributed by atoms with Crippen LogP contribution in [0.3, 0.4) is 0 Å². The van der Waals surface area contributed by atoms with Crippen LogP contribution < -0.4 is 15.4 Å². The van der Waals surface area contributed by atoms with Crippen LogP contribution in [0, 0.1) is 11.6 Å². The lowest BCUT2D eigenvalue weighted by Crippen LogP contribution is -2.47. The Kier molecular flexibility index (Phi) is 6.51. The van der Waals surface area contributed by atoms with Crippen molar-refractivity contribution in [2.75, 3.05) is 7.11 Å². The molecule has 9 heteroatoms. The van der Waals surface area contributed by atoms with Crippen molar-refractivity contribution in [3.8, 4) is 5.75 Å². The van der Waals surface area contributed by atoms with Crippen LogP contribution >= 0.6 is 0 Å². The van der Waals surface area contributed by atoms with E-state index in [-0.39, 0.29) is 12.5 Å². The topological polar surface area (TPSA) is 99.3 Å². The lowest BCUT2D eigenvalue weighted by molar-refractivity contribution is 0.0151. The Morgan fingerprint density at radius 2 is 1.94 bits per heavy atom. The zero-order valence-corrected chi connectivity index (χ0v) is 18.6. The molecule has 1 unspecified atom stereocenters. The van der Waals surface area contributed by atoms with Crippen molar-refractivity contribution in [1.82, 2.24) is 20.6 Å². The third-order valence-corrected chi connectivity index (χ3v) is 6.14. The fraction of sp³-hybridized carbons (Fsp3) is 0.417. The third kappa shape index (κ3) is 5.42. The summed E-state index contributed by atoms with van der Waals surface area (Å²) in [5, 5.41) is 16.0. The molecule has 1 aromatic heterocycles. The minimum atomic E-state index is -0.811. The molecule has 33 heavy (non-hydrogen) atoms. The summed E-state index contributed by atoms with van der Waals surface area (Å²) in [6.07, 6.45) is 2.67. The Morgan fingerprint density at radius 3 is 2.58 bits per heavy atom. The van der Waals surface area contributed by atoms with Crippen molar-refractivity contribution in [3.63, 3.8) is 0 Å². The number of H-pyrrole nitrogens is 1. The lowest BCUT2D eigenvalue weighted by atomic mass is 9.84. The molecule has 1 aliphatic rings. The van der Waals surface area contributed by atoms with Crippen molar-refractivity contribution in [3.05, 3.63) is 59.4 Å². The summed E-state index contributed by atoms with van der Waals surface area (Å²) in [4.78, 5) is 20.6. The number of urea groups is 1. The van der Waals surface area contributed by atoms with Crippen LogP contribution in [0.1, 0.15) is 50.0 Å². The highest BCUT2D eigenvalue weighted by molar-refractivity contribution is 5.76. The summed E-state index contributed by atoms with van der Waals surface area (Å²) in [7, 11) is 1.20. The molecule has 4 N–H and O–H groups in total. The van der Waals surface area contributed by atoms with Crippen LogP contribution in [0.4, 0.5) is 13.6 Å². The van der Waals surface area contributed by atoms with E-state index in [1.54, 1.807) is 6.92 Å². The van der Waals surface area contributed by atoms with E-state index in [1.165, 1.54) is 19.2 Å². The quantitative estimate of drug-likeness (QED) is 0.446. The summed E-state index contributed by atoms with van der Waals surface area (Å²) in [5.41, 5.74) is 1.17. The van der Waals surface area contributed by atoms with Gasteiger partial charge in [-0.15, -0.1) is 0 Å². The molecule has 4 rings (SSSR count). The summed E-state index contributed by atoms with van der Waals surface area (Å²) in [5.74, 6) is -1.59. The highest BCUT2D eigenvalue weighted by atomic mass is 19.1. The Balaban J connectivity index is 1.54. The molecule has 0 aliphatic heterocycles. The van der Waals surface area contributed by atoms with Gasteiger partial charge in [-0.3, -0.25) is 0 Å². The van der Waals surface area contributed by atoms with Gasteiger partial charge < -0.3 is 25.5 Å². The molecule has 2 amide bonds. The molecule has 0 radical (unpaired) electrons. The number of hydrogen-bond acceptors (Lipinski definition) is 4. The first-order valence-electron chi connectivity index (χ1n) is 11.0. The van der Waals surface area contributed by atoms with Crippen molar-refractivity contribution in [2.45, 2.75) is 56.7 Å². The molecular weight excluding hydrogens is 430 g/mol. The first-order valence-corrected chi connectivity index (χ1v) is 11.0. The predicted octanol–water partition coefficient (Wildman–Crippen LogP) is 4.13. The van der Waals surface area contributed by atoms with Gasteiger partial charge in [0.1, 0.15) is 5.82 Å². The fourth-order valence-corrected chi connectivity index (χ4v) is 4.28. The van der Waals surface area contributed by atoms with E-state index in [0.717, 1.165) is 11.0 Å². The van der Waals surface area contributed by atoms with Gasteiger partial charge in [-0.05, 0) is 62.4 Å². The summed E-state index contributed by atoms with van der Waals surface area (Å²) < 4.78 is 33.3. The van der Waals surface area contributed by atoms with Crippen molar-refractivity contribution in [2.24, 2.45) is 0 Å². The summed E-state index contributed by atoms with van der Waals surface area (Å²) in [6, 6.07) is 8.70. The maximum Gasteiger partial charge on any atom is 0.315 e. The number of benzene rings is 2. The van der Waals surface area contributed by atoms with Crippen molar-refractivity contribution < 1.29 is 23.4 Å². The molecule has 1 saturated carbocycles. The molecule has 0 bridgehead atoms. The van der Waals surface area contributed by atoms with E-state index >= 15 is 0 Å². The monoisotopic (exact) mass is 458 g/mol. The number of methoxy groups -OCH3 is 1. The molecule has 7 nitrogen and oxygen atoms in total. The van der Waals surface area contributed by atoms with Crippen molar-refractivity contribution in [1.29, 1.82) is 0 Å². The van der Waals surface area contributed by atoms with Gasteiger partial charge in [-0.1, -0.05) is 12.1 Å². The number of ether oxygens (including phenoxy) is 1. The van der Waals surface area contributed by atoms with Crippen LogP contribution in [0.15, 0.2) is 36.4 Å². The van der Waals surface area contributed by atoms with Gasteiger partial charge >= 0.3 is 6.03 Å². The lowest BCUT2D eigenvalue weighted by Gasteiger charge is -2.33. The van der Waals surface area contributed by atoms with Crippen LogP contribution in [0.25, 0.3) is 11.0 Å². The number of hydrogen-bond donors (Lipinski definition) is 4. The van der Waals surface area contributed by atoms with Crippen LogP contribution in [0.2, 0.25) is 0 Å². The minimum Gasteiger partial charge on any atom is -0.491 e. The number of aliphatic hydroxyl groups is 1. The van der Waals surface area contributed by atoms with Gasteiger partial charge in [-0.2, -0.15) is 0 Å². The molecule has 176 valence electrons. The largest absolute Gasteiger partial charge is 0.491 e. The molecule has 1 atom stereocenters. The minimum absolute atomic E-state index is 0.0579. The molecule has 1 fully saturated rings. The van der Waals surface area contributed by atoms with Crippen LogP contribution in [-0.2, 0) is 6.42 Å². The maximum atomic E-state index is 14.3. The molecule has 3 aromatic rings.